The number of aromatic amines is 1. The van der Waals surface area contributed by atoms with Crippen molar-refractivity contribution < 1.29 is 9.59 Å². The van der Waals surface area contributed by atoms with Crippen LogP contribution in [0.5, 0.6) is 0 Å². The number of nitrogens with one attached hydrogen (secondary N) is 2. The molecule has 2 heterocycles. The fourth-order valence-electron chi connectivity index (χ4n) is 2.46. The van der Waals surface area contributed by atoms with Gasteiger partial charge in [-0.3, -0.25) is 9.59 Å². The lowest BCUT2D eigenvalue weighted by molar-refractivity contribution is 0.0948. The summed E-state index contributed by atoms with van der Waals surface area (Å²) in [5, 5.41) is 2.85. The van der Waals surface area contributed by atoms with E-state index in [9.17, 15) is 9.59 Å². The van der Waals surface area contributed by atoms with Crippen LogP contribution in [0.25, 0.3) is 11.0 Å². The number of imidazole rings is 1. The van der Waals surface area contributed by atoms with Crippen molar-refractivity contribution in [3.63, 3.8) is 0 Å². The molecule has 0 atom stereocenters. The van der Waals surface area contributed by atoms with E-state index >= 15 is 0 Å². The molecule has 0 saturated heterocycles. The van der Waals surface area contributed by atoms with Gasteiger partial charge in [-0.1, -0.05) is 12.1 Å². The Morgan fingerprint density at radius 2 is 2.13 bits per heavy atom. The predicted octanol–water partition coefficient (Wildman–Crippen LogP) is 2.39. The summed E-state index contributed by atoms with van der Waals surface area (Å²) in [7, 11) is 0. The summed E-state index contributed by atoms with van der Waals surface area (Å²) < 4.78 is 2.07. The average Bonchev–Trinajstić information content (AvgIpc) is 3.19. The van der Waals surface area contributed by atoms with Crippen molar-refractivity contribution in [3.8, 4) is 0 Å². The van der Waals surface area contributed by atoms with E-state index < -0.39 is 0 Å². The van der Waals surface area contributed by atoms with Crippen LogP contribution in [-0.4, -0.2) is 32.8 Å². The lowest BCUT2D eigenvalue weighted by Crippen LogP contribution is -2.25. The first-order chi connectivity index (χ1) is 11.1. The number of nitrogens with zero attached hydrogens (tertiary/aromatic N) is 2. The maximum absolute atomic E-state index is 12.0. The Hall–Kier alpha value is -2.89. The SMILES string of the molecule is CC(=O)c1c[nH]c(C(=O)NCCCn2cnc3ccccc32)c1. The van der Waals surface area contributed by atoms with Crippen molar-refractivity contribution >= 4 is 22.7 Å². The molecule has 118 valence electrons. The van der Waals surface area contributed by atoms with Gasteiger partial charge in [-0.15, -0.1) is 0 Å². The van der Waals surface area contributed by atoms with Crippen LogP contribution < -0.4 is 5.32 Å². The smallest absolute Gasteiger partial charge is 0.267 e. The molecule has 0 unspecified atom stereocenters. The van der Waals surface area contributed by atoms with E-state index in [1.165, 1.54) is 6.92 Å². The molecule has 3 rings (SSSR count). The van der Waals surface area contributed by atoms with E-state index in [-0.39, 0.29) is 11.7 Å². The normalized spacial score (nSPS) is 10.8. The fraction of sp³-hybridized carbons (Fsp3) is 0.235. The van der Waals surface area contributed by atoms with Crippen molar-refractivity contribution in [2.75, 3.05) is 6.54 Å². The maximum Gasteiger partial charge on any atom is 0.267 e. The van der Waals surface area contributed by atoms with Gasteiger partial charge in [0.05, 0.1) is 17.4 Å². The monoisotopic (exact) mass is 310 g/mol. The number of ketones is 1. The molecule has 2 N–H and O–H groups in total. The van der Waals surface area contributed by atoms with E-state index in [1.807, 2.05) is 30.6 Å². The molecule has 0 aliphatic rings. The molecule has 0 saturated carbocycles. The quantitative estimate of drug-likeness (QED) is 0.542. The standard InChI is InChI=1S/C17H18N4O2/c1-12(22)13-9-15(19-10-13)17(23)18-7-4-8-21-11-20-14-5-2-3-6-16(14)21/h2-3,5-6,9-11,19H,4,7-8H2,1H3,(H,18,23). The van der Waals surface area contributed by atoms with Gasteiger partial charge in [0, 0.05) is 24.8 Å². The first-order valence-electron chi connectivity index (χ1n) is 7.52. The molecule has 0 aliphatic carbocycles. The van der Waals surface area contributed by atoms with Crippen LogP contribution in [0.3, 0.4) is 0 Å². The third kappa shape index (κ3) is 3.31. The molecule has 6 heteroatoms. The highest BCUT2D eigenvalue weighted by molar-refractivity contribution is 5.99. The number of H-pyrrole nitrogens is 1. The van der Waals surface area contributed by atoms with Gasteiger partial charge < -0.3 is 14.9 Å². The molecule has 0 fully saturated rings. The average molecular weight is 310 g/mol. The molecule has 0 radical (unpaired) electrons. The second-order valence-corrected chi connectivity index (χ2v) is 5.39. The molecule has 2 aromatic heterocycles. The molecule has 6 nitrogen and oxygen atoms in total. The van der Waals surface area contributed by atoms with Crippen LogP contribution >= 0.6 is 0 Å². The highest BCUT2D eigenvalue weighted by Gasteiger charge is 2.10. The summed E-state index contributed by atoms with van der Waals surface area (Å²) in [4.78, 5) is 30.4. The van der Waals surface area contributed by atoms with Crippen LogP contribution in [0.2, 0.25) is 0 Å². The summed E-state index contributed by atoms with van der Waals surface area (Å²) in [6, 6.07) is 9.53. The van der Waals surface area contributed by atoms with Crippen molar-refractivity contribution in [1.82, 2.24) is 19.9 Å². The molecule has 23 heavy (non-hydrogen) atoms. The Kier molecular flexibility index (Phi) is 4.23. The van der Waals surface area contributed by atoms with Crippen molar-refractivity contribution in [1.29, 1.82) is 0 Å². The third-order valence-electron chi connectivity index (χ3n) is 3.72. The minimum atomic E-state index is -0.201. The first-order valence-corrected chi connectivity index (χ1v) is 7.52. The first kappa shape index (κ1) is 15.0. The zero-order chi connectivity index (χ0) is 16.2. The Morgan fingerprint density at radius 1 is 1.30 bits per heavy atom. The van der Waals surface area contributed by atoms with Crippen LogP contribution in [0.15, 0.2) is 42.9 Å². The van der Waals surface area contributed by atoms with Gasteiger partial charge in [-0.25, -0.2) is 4.98 Å². The Bertz CT molecular complexity index is 847. The van der Waals surface area contributed by atoms with Gasteiger partial charge in [-0.05, 0) is 31.5 Å². The fourth-order valence-corrected chi connectivity index (χ4v) is 2.46. The Balaban J connectivity index is 1.51. The van der Waals surface area contributed by atoms with E-state index in [1.54, 1.807) is 12.3 Å². The minimum absolute atomic E-state index is 0.0627. The van der Waals surface area contributed by atoms with Crippen LogP contribution in [0, 0.1) is 0 Å². The zero-order valence-corrected chi connectivity index (χ0v) is 12.9. The number of aromatic nitrogens is 3. The number of aryl methyl sites for hydroxylation is 1. The lowest BCUT2D eigenvalue weighted by Gasteiger charge is -2.06. The molecule has 0 spiro atoms. The molecule has 1 aromatic carbocycles. The van der Waals surface area contributed by atoms with Gasteiger partial charge in [-0.2, -0.15) is 0 Å². The number of carbonyl (C=O) groups is 2. The Labute approximate surface area is 133 Å². The number of hydrogen-bond donors (Lipinski definition) is 2. The highest BCUT2D eigenvalue weighted by Crippen LogP contribution is 2.12. The van der Waals surface area contributed by atoms with Gasteiger partial charge in [0.25, 0.3) is 5.91 Å². The van der Waals surface area contributed by atoms with E-state index in [2.05, 4.69) is 19.9 Å². The van der Waals surface area contributed by atoms with E-state index in [0.29, 0.717) is 17.8 Å². The molecular formula is C17H18N4O2. The number of hydrogen-bond acceptors (Lipinski definition) is 3. The highest BCUT2D eigenvalue weighted by atomic mass is 16.2. The second-order valence-electron chi connectivity index (χ2n) is 5.39. The summed E-state index contributed by atoms with van der Waals surface area (Å²) in [5.41, 5.74) is 2.98. The van der Waals surface area contributed by atoms with Crippen molar-refractivity contribution in [3.05, 3.63) is 54.1 Å². The molecular weight excluding hydrogens is 292 g/mol. The number of rotatable bonds is 6. The van der Waals surface area contributed by atoms with Crippen LogP contribution in [-0.2, 0) is 6.54 Å². The van der Waals surface area contributed by atoms with Crippen LogP contribution in [0.1, 0.15) is 34.2 Å². The number of Topliss-reactive ketones (excluding diaryl/α,β-unsaturated/α-hetero) is 1. The zero-order valence-electron chi connectivity index (χ0n) is 12.9. The molecule has 0 bridgehead atoms. The number of para-hydroxylation sites is 2. The topological polar surface area (TPSA) is 79.8 Å². The lowest BCUT2D eigenvalue weighted by atomic mass is 10.2. The summed E-state index contributed by atoms with van der Waals surface area (Å²) in [5.74, 6) is -0.264. The molecule has 3 aromatic rings. The summed E-state index contributed by atoms with van der Waals surface area (Å²) in [6.07, 6.45) is 4.16. The third-order valence-corrected chi connectivity index (χ3v) is 3.72. The van der Waals surface area contributed by atoms with E-state index in [0.717, 1.165) is 24.0 Å². The largest absolute Gasteiger partial charge is 0.356 e. The second kappa shape index (κ2) is 6.48. The Morgan fingerprint density at radius 3 is 2.91 bits per heavy atom. The predicted molar refractivity (Wildman–Crippen MR) is 87.5 cm³/mol. The van der Waals surface area contributed by atoms with Gasteiger partial charge >= 0.3 is 0 Å². The minimum Gasteiger partial charge on any atom is -0.356 e. The summed E-state index contributed by atoms with van der Waals surface area (Å²) >= 11 is 0. The van der Waals surface area contributed by atoms with Gasteiger partial charge in [0.1, 0.15) is 5.69 Å². The molecule has 0 aliphatic heterocycles. The number of carbonyl (C=O) groups excluding carboxylic acids is 2. The van der Waals surface area contributed by atoms with Crippen molar-refractivity contribution in [2.45, 2.75) is 19.9 Å². The van der Waals surface area contributed by atoms with Crippen molar-refractivity contribution in [2.24, 2.45) is 0 Å². The van der Waals surface area contributed by atoms with Crippen LogP contribution in [0.4, 0.5) is 0 Å². The maximum atomic E-state index is 12.0. The summed E-state index contributed by atoms with van der Waals surface area (Å²) in [6.45, 7) is 2.81. The van der Waals surface area contributed by atoms with Gasteiger partial charge in [0.15, 0.2) is 5.78 Å². The number of amides is 1. The number of benzene rings is 1. The number of fused-ring (bicyclic) bond motifs is 1. The van der Waals surface area contributed by atoms with E-state index in [4.69, 9.17) is 0 Å². The van der Waals surface area contributed by atoms with Gasteiger partial charge in [0.2, 0.25) is 0 Å². The molecule has 1 amide bonds.